The molecule has 120 valence electrons. The lowest BCUT2D eigenvalue weighted by Gasteiger charge is -2.11. The molecule has 0 saturated heterocycles. The Morgan fingerprint density at radius 3 is 2.78 bits per heavy atom. The van der Waals surface area contributed by atoms with Crippen molar-refractivity contribution in [1.82, 2.24) is 0 Å². The number of methoxy groups -OCH3 is 1. The third-order valence-corrected chi connectivity index (χ3v) is 3.52. The van der Waals surface area contributed by atoms with E-state index in [1.165, 1.54) is 13.3 Å². The van der Waals surface area contributed by atoms with Gasteiger partial charge in [-0.1, -0.05) is 17.3 Å². The van der Waals surface area contributed by atoms with E-state index in [1.54, 1.807) is 36.4 Å². The number of carbonyl (C=O) groups excluding carboxylic acids is 1. The Kier molecular flexibility index (Phi) is 5.99. The monoisotopic (exact) mass is 378 g/mol. The number of oxime groups is 1. The molecule has 2 aromatic carbocycles. The average Bonchev–Trinajstić information content (AvgIpc) is 2.55. The lowest BCUT2D eigenvalue weighted by molar-refractivity contribution is -0.118. The van der Waals surface area contributed by atoms with Crippen molar-refractivity contribution in [2.24, 2.45) is 5.16 Å². The van der Waals surface area contributed by atoms with Crippen molar-refractivity contribution >= 4 is 33.7 Å². The Hall–Kier alpha value is -2.54. The highest BCUT2D eigenvalue weighted by Gasteiger charge is 2.09. The fraction of sp³-hybridized carbons (Fsp3) is 0.125. The molecular weight excluding hydrogens is 364 g/mol. The molecule has 0 heterocycles. The van der Waals surface area contributed by atoms with Crippen molar-refractivity contribution < 1.29 is 19.5 Å². The third-order valence-electron chi connectivity index (χ3n) is 2.90. The van der Waals surface area contributed by atoms with Crippen LogP contribution in [0.25, 0.3) is 0 Å². The second kappa shape index (κ2) is 8.19. The van der Waals surface area contributed by atoms with Crippen molar-refractivity contribution in [3.05, 3.63) is 52.5 Å². The third kappa shape index (κ3) is 4.72. The standard InChI is InChI=1S/C16H15BrN2O4/c1-22-15-5-3-2-4-13(15)19-16(20)10-23-14-7-6-11(9-18-21)8-12(14)17/h2-9,21H,10H2,1H3,(H,19,20)/b18-9+. The summed E-state index contributed by atoms with van der Waals surface area (Å²) >= 11 is 3.34. The SMILES string of the molecule is COc1ccccc1NC(=O)COc1ccc(/C=N/O)cc1Br. The molecule has 0 unspecified atom stereocenters. The van der Waals surface area contributed by atoms with Gasteiger partial charge >= 0.3 is 0 Å². The Bertz CT molecular complexity index is 719. The molecule has 0 radical (unpaired) electrons. The zero-order valence-electron chi connectivity index (χ0n) is 12.3. The summed E-state index contributed by atoms with van der Waals surface area (Å²) in [6.07, 6.45) is 1.29. The summed E-state index contributed by atoms with van der Waals surface area (Å²) < 4.78 is 11.3. The highest BCUT2D eigenvalue weighted by atomic mass is 79.9. The molecule has 0 aromatic heterocycles. The number of carbonyl (C=O) groups is 1. The minimum Gasteiger partial charge on any atom is -0.495 e. The van der Waals surface area contributed by atoms with Crippen LogP contribution in [0.2, 0.25) is 0 Å². The second-order valence-corrected chi connectivity index (χ2v) is 5.33. The van der Waals surface area contributed by atoms with Crippen molar-refractivity contribution in [2.45, 2.75) is 0 Å². The van der Waals surface area contributed by atoms with Gasteiger partial charge in [0.2, 0.25) is 0 Å². The Balaban J connectivity index is 1.96. The molecule has 1 amide bonds. The van der Waals surface area contributed by atoms with Crippen molar-refractivity contribution in [3.8, 4) is 11.5 Å². The van der Waals surface area contributed by atoms with Gasteiger partial charge in [-0.15, -0.1) is 0 Å². The van der Waals surface area contributed by atoms with E-state index in [0.29, 0.717) is 27.2 Å². The number of ether oxygens (including phenoxy) is 2. The van der Waals surface area contributed by atoms with Crippen LogP contribution in [0.5, 0.6) is 11.5 Å². The topological polar surface area (TPSA) is 80.2 Å². The van der Waals surface area contributed by atoms with E-state index in [9.17, 15) is 4.79 Å². The van der Waals surface area contributed by atoms with Crippen LogP contribution < -0.4 is 14.8 Å². The van der Waals surface area contributed by atoms with E-state index in [0.717, 1.165) is 0 Å². The van der Waals surface area contributed by atoms with Gasteiger partial charge in [-0.2, -0.15) is 0 Å². The molecule has 0 atom stereocenters. The summed E-state index contributed by atoms with van der Waals surface area (Å²) in [5.74, 6) is 0.785. The maximum Gasteiger partial charge on any atom is 0.262 e. The minimum absolute atomic E-state index is 0.149. The molecule has 2 rings (SSSR count). The summed E-state index contributed by atoms with van der Waals surface area (Å²) in [6.45, 7) is -0.149. The van der Waals surface area contributed by atoms with E-state index in [-0.39, 0.29) is 12.5 Å². The minimum atomic E-state index is -0.303. The molecule has 2 N–H and O–H groups in total. The predicted molar refractivity (Wildman–Crippen MR) is 90.6 cm³/mol. The van der Waals surface area contributed by atoms with E-state index < -0.39 is 0 Å². The summed E-state index contributed by atoms with van der Waals surface area (Å²) in [7, 11) is 1.54. The zero-order valence-corrected chi connectivity index (χ0v) is 13.9. The molecule has 0 fully saturated rings. The number of nitrogens with zero attached hydrogens (tertiary/aromatic N) is 1. The number of nitrogens with one attached hydrogen (secondary N) is 1. The highest BCUT2D eigenvalue weighted by Crippen LogP contribution is 2.26. The van der Waals surface area contributed by atoms with E-state index in [2.05, 4.69) is 26.4 Å². The first-order chi connectivity index (χ1) is 11.1. The number of rotatable bonds is 6. The van der Waals surface area contributed by atoms with Crippen LogP contribution in [-0.2, 0) is 4.79 Å². The first-order valence-electron chi connectivity index (χ1n) is 6.66. The molecule has 0 aliphatic rings. The fourth-order valence-electron chi connectivity index (χ4n) is 1.86. The van der Waals surface area contributed by atoms with Crippen LogP contribution >= 0.6 is 15.9 Å². The first-order valence-corrected chi connectivity index (χ1v) is 7.46. The van der Waals surface area contributed by atoms with Gasteiger partial charge in [-0.25, -0.2) is 0 Å². The quantitative estimate of drug-likeness (QED) is 0.459. The van der Waals surface area contributed by atoms with Crippen molar-refractivity contribution in [2.75, 3.05) is 19.0 Å². The van der Waals surface area contributed by atoms with Gasteiger partial charge in [0.25, 0.3) is 5.91 Å². The maximum atomic E-state index is 12.0. The molecule has 0 spiro atoms. The largest absolute Gasteiger partial charge is 0.495 e. The van der Waals surface area contributed by atoms with E-state index >= 15 is 0 Å². The number of para-hydroxylation sites is 2. The fourth-order valence-corrected chi connectivity index (χ4v) is 2.37. The summed E-state index contributed by atoms with van der Waals surface area (Å²) in [5.41, 5.74) is 1.28. The number of hydrogen-bond acceptors (Lipinski definition) is 5. The molecule has 0 bridgehead atoms. The zero-order chi connectivity index (χ0) is 16.7. The molecule has 0 aliphatic heterocycles. The van der Waals surface area contributed by atoms with Gasteiger partial charge in [0.15, 0.2) is 6.61 Å². The molecule has 7 heteroatoms. The highest BCUT2D eigenvalue weighted by molar-refractivity contribution is 9.10. The molecule has 0 saturated carbocycles. The van der Waals surface area contributed by atoms with Crippen LogP contribution in [0.3, 0.4) is 0 Å². The molecule has 0 aliphatic carbocycles. The average molecular weight is 379 g/mol. The summed E-state index contributed by atoms with van der Waals surface area (Å²) in [5, 5.41) is 14.2. The van der Waals surface area contributed by atoms with Gasteiger partial charge in [0.05, 0.1) is 23.5 Å². The lowest BCUT2D eigenvalue weighted by Crippen LogP contribution is -2.20. The van der Waals surface area contributed by atoms with Gasteiger partial charge in [-0.3, -0.25) is 4.79 Å². The molecule has 6 nitrogen and oxygen atoms in total. The van der Waals surface area contributed by atoms with Crippen molar-refractivity contribution in [3.63, 3.8) is 0 Å². The second-order valence-electron chi connectivity index (χ2n) is 4.47. The smallest absolute Gasteiger partial charge is 0.262 e. The first kappa shape index (κ1) is 16.8. The van der Waals surface area contributed by atoms with Crippen LogP contribution in [0, 0.1) is 0 Å². The van der Waals surface area contributed by atoms with Gasteiger partial charge < -0.3 is 20.0 Å². The van der Waals surface area contributed by atoms with Crippen molar-refractivity contribution in [1.29, 1.82) is 0 Å². The lowest BCUT2D eigenvalue weighted by atomic mass is 10.2. The summed E-state index contributed by atoms with van der Waals surface area (Å²) in [6, 6.07) is 12.2. The van der Waals surface area contributed by atoms with E-state index in [1.807, 2.05) is 6.07 Å². The Morgan fingerprint density at radius 2 is 2.09 bits per heavy atom. The number of halogens is 1. The summed E-state index contributed by atoms with van der Waals surface area (Å²) in [4.78, 5) is 12.0. The molecule has 23 heavy (non-hydrogen) atoms. The normalized spacial score (nSPS) is 10.5. The van der Waals surface area contributed by atoms with Gasteiger partial charge in [-0.05, 0) is 51.8 Å². The maximum absolute atomic E-state index is 12.0. The number of hydrogen-bond donors (Lipinski definition) is 2. The Labute approximate surface area is 141 Å². The predicted octanol–water partition coefficient (Wildman–Crippen LogP) is 3.28. The van der Waals surface area contributed by atoms with Gasteiger partial charge in [0, 0.05) is 0 Å². The van der Waals surface area contributed by atoms with Crippen LogP contribution in [0.15, 0.2) is 52.1 Å². The van der Waals surface area contributed by atoms with E-state index in [4.69, 9.17) is 14.7 Å². The van der Waals surface area contributed by atoms with Crippen LogP contribution in [0.4, 0.5) is 5.69 Å². The van der Waals surface area contributed by atoms with Crippen LogP contribution in [0.1, 0.15) is 5.56 Å². The number of amides is 1. The molecular formula is C16H15BrN2O4. The van der Waals surface area contributed by atoms with Crippen LogP contribution in [-0.4, -0.2) is 31.0 Å². The molecule has 2 aromatic rings. The Morgan fingerprint density at radius 1 is 1.30 bits per heavy atom. The number of anilines is 1. The number of benzene rings is 2. The van der Waals surface area contributed by atoms with Gasteiger partial charge in [0.1, 0.15) is 11.5 Å².